The van der Waals surface area contributed by atoms with Crippen LogP contribution in [0.2, 0.25) is 0 Å². The van der Waals surface area contributed by atoms with Crippen molar-refractivity contribution >= 4 is 11.9 Å². The van der Waals surface area contributed by atoms with E-state index in [0.29, 0.717) is 11.5 Å². The van der Waals surface area contributed by atoms with Gasteiger partial charge in [0.25, 0.3) is 5.91 Å². The molecule has 24 heavy (non-hydrogen) atoms. The second kappa shape index (κ2) is 8.29. The minimum absolute atomic E-state index is 0.136. The van der Waals surface area contributed by atoms with Gasteiger partial charge in [-0.15, -0.1) is 0 Å². The van der Waals surface area contributed by atoms with Crippen molar-refractivity contribution < 1.29 is 14.3 Å². The minimum Gasteiger partial charge on any atom is -0.452 e. The van der Waals surface area contributed by atoms with Gasteiger partial charge in [0.1, 0.15) is 0 Å². The molecule has 0 heterocycles. The second-order valence-electron chi connectivity index (χ2n) is 6.05. The number of hydrogen-bond acceptors (Lipinski definition) is 3. The molecule has 0 saturated carbocycles. The molecular weight excluding hydrogens is 302 g/mol. The van der Waals surface area contributed by atoms with E-state index in [1.165, 1.54) is 0 Å². The zero-order valence-electron chi connectivity index (χ0n) is 14.3. The average Bonchev–Trinajstić information content (AvgIpc) is 2.60. The fraction of sp³-hybridized carbons (Fsp3) is 0.300. The van der Waals surface area contributed by atoms with Gasteiger partial charge in [-0.2, -0.15) is 0 Å². The minimum atomic E-state index is -0.493. The molecule has 2 rings (SSSR count). The van der Waals surface area contributed by atoms with Gasteiger partial charge >= 0.3 is 5.97 Å². The van der Waals surface area contributed by atoms with Gasteiger partial charge in [-0.25, -0.2) is 4.79 Å². The van der Waals surface area contributed by atoms with Gasteiger partial charge in [-0.1, -0.05) is 56.3 Å². The summed E-state index contributed by atoms with van der Waals surface area (Å²) in [5.41, 5.74) is 2.60. The van der Waals surface area contributed by atoms with Crippen LogP contribution in [0.5, 0.6) is 0 Å². The van der Waals surface area contributed by atoms with Crippen LogP contribution in [0.1, 0.15) is 54.2 Å². The van der Waals surface area contributed by atoms with Gasteiger partial charge in [0, 0.05) is 0 Å². The SMILES string of the molecule is CC(C)c1ccc(C(=O)OCC(=O)N[C@H](C)c2ccccc2)cc1. The first-order valence-electron chi connectivity index (χ1n) is 8.08. The van der Waals surface area contributed by atoms with Gasteiger partial charge in [-0.05, 0) is 36.1 Å². The van der Waals surface area contributed by atoms with Gasteiger partial charge in [0.05, 0.1) is 11.6 Å². The predicted molar refractivity (Wildman–Crippen MR) is 93.8 cm³/mol. The molecule has 2 aromatic rings. The van der Waals surface area contributed by atoms with Crippen molar-refractivity contribution in [2.24, 2.45) is 0 Å². The van der Waals surface area contributed by atoms with Crippen molar-refractivity contribution in [1.29, 1.82) is 0 Å². The third kappa shape index (κ3) is 4.95. The van der Waals surface area contributed by atoms with E-state index in [9.17, 15) is 9.59 Å². The molecule has 1 amide bonds. The van der Waals surface area contributed by atoms with Crippen LogP contribution in [-0.2, 0) is 9.53 Å². The van der Waals surface area contributed by atoms with Crippen molar-refractivity contribution in [3.05, 3.63) is 71.3 Å². The van der Waals surface area contributed by atoms with Crippen molar-refractivity contribution in [3.8, 4) is 0 Å². The lowest BCUT2D eigenvalue weighted by Crippen LogP contribution is -2.31. The van der Waals surface area contributed by atoms with E-state index in [1.807, 2.05) is 49.4 Å². The molecule has 0 aliphatic rings. The van der Waals surface area contributed by atoms with Gasteiger partial charge in [0.2, 0.25) is 0 Å². The summed E-state index contributed by atoms with van der Waals surface area (Å²) in [4.78, 5) is 23.9. The van der Waals surface area contributed by atoms with Gasteiger partial charge < -0.3 is 10.1 Å². The number of carbonyl (C=O) groups is 2. The van der Waals surface area contributed by atoms with Crippen LogP contribution in [0.3, 0.4) is 0 Å². The first-order valence-corrected chi connectivity index (χ1v) is 8.08. The number of esters is 1. The van der Waals surface area contributed by atoms with E-state index in [0.717, 1.165) is 11.1 Å². The molecular formula is C20H23NO3. The van der Waals surface area contributed by atoms with Crippen LogP contribution in [0, 0.1) is 0 Å². The molecule has 0 aliphatic heterocycles. The first-order chi connectivity index (χ1) is 11.5. The van der Waals surface area contributed by atoms with Crippen molar-refractivity contribution in [2.75, 3.05) is 6.61 Å². The molecule has 2 aromatic carbocycles. The van der Waals surface area contributed by atoms with E-state index < -0.39 is 5.97 Å². The van der Waals surface area contributed by atoms with Crippen molar-refractivity contribution in [3.63, 3.8) is 0 Å². The normalized spacial score (nSPS) is 11.8. The summed E-state index contributed by atoms with van der Waals surface area (Å²) in [6.07, 6.45) is 0. The number of hydrogen-bond donors (Lipinski definition) is 1. The molecule has 0 radical (unpaired) electrons. The highest BCUT2D eigenvalue weighted by Crippen LogP contribution is 2.15. The smallest absolute Gasteiger partial charge is 0.338 e. The Morgan fingerprint density at radius 3 is 2.12 bits per heavy atom. The number of ether oxygens (including phenoxy) is 1. The third-order valence-corrected chi connectivity index (χ3v) is 3.82. The molecule has 0 aromatic heterocycles. The highest BCUT2D eigenvalue weighted by atomic mass is 16.5. The van der Waals surface area contributed by atoms with E-state index in [-0.39, 0.29) is 18.6 Å². The molecule has 1 atom stereocenters. The Morgan fingerprint density at radius 2 is 1.54 bits per heavy atom. The molecule has 0 spiro atoms. The number of benzene rings is 2. The maximum absolute atomic E-state index is 12.0. The van der Waals surface area contributed by atoms with Crippen LogP contribution in [-0.4, -0.2) is 18.5 Å². The van der Waals surface area contributed by atoms with Crippen molar-refractivity contribution in [2.45, 2.75) is 32.7 Å². The lowest BCUT2D eigenvalue weighted by atomic mass is 10.0. The Labute approximate surface area is 142 Å². The molecule has 4 heteroatoms. The summed E-state index contributed by atoms with van der Waals surface area (Å²) in [5, 5.41) is 2.81. The van der Waals surface area contributed by atoms with Crippen LogP contribution < -0.4 is 5.32 Å². The predicted octanol–water partition coefficient (Wildman–Crippen LogP) is 3.84. The summed E-state index contributed by atoms with van der Waals surface area (Å²) < 4.78 is 5.08. The summed E-state index contributed by atoms with van der Waals surface area (Å²) in [5.74, 6) is -0.411. The van der Waals surface area contributed by atoms with Crippen LogP contribution in [0.25, 0.3) is 0 Å². The summed E-state index contributed by atoms with van der Waals surface area (Å²) >= 11 is 0. The zero-order valence-corrected chi connectivity index (χ0v) is 14.3. The molecule has 1 N–H and O–H groups in total. The summed E-state index contributed by atoms with van der Waals surface area (Å²) in [6.45, 7) is 5.78. The summed E-state index contributed by atoms with van der Waals surface area (Å²) in [7, 11) is 0. The Hall–Kier alpha value is -2.62. The standard InChI is InChI=1S/C20H23NO3/c1-14(2)16-9-11-18(12-10-16)20(23)24-13-19(22)21-15(3)17-7-5-4-6-8-17/h4-12,14-15H,13H2,1-3H3,(H,21,22)/t15-/m1/s1. The molecule has 0 saturated heterocycles. The highest BCUT2D eigenvalue weighted by Gasteiger charge is 2.13. The molecule has 0 aliphatic carbocycles. The Morgan fingerprint density at radius 1 is 0.917 bits per heavy atom. The number of amides is 1. The Bertz CT molecular complexity index is 678. The third-order valence-electron chi connectivity index (χ3n) is 3.82. The van der Waals surface area contributed by atoms with E-state index in [2.05, 4.69) is 19.2 Å². The van der Waals surface area contributed by atoms with Crippen LogP contribution in [0.15, 0.2) is 54.6 Å². The Balaban J connectivity index is 1.83. The van der Waals surface area contributed by atoms with Gasteiger partial charge in [0.15, 0.2) is 6.61 Å². The zero-order chi connectivity index (χ0) is 17.5. The first kappa shape index (κ1) is 17.7. The van der Waals surface area contributed by atoms with E-state index in [1.54, 1.807) is 12.1 Å². The number of carbonyl (C=O) groups excluding carboxylic acids is 2. The summed E-state index contributed by atoms with van der Waals surface area (Å²) in [6, 6.07) is 16.7. The number of nitrogens with one attached hydrogen (secondary N) is 1. The molecule has 0 bridgehead atoms. The van der Waals surface area contributed by atoms with Crippen LogP contribution in [0.4, 0.5) is 0 Å². The highest BCUT2D eigenvalue weighted by molar-refractivity contribution is 5.91. The maximum atomic E-state index is 12.0. The second-order valence-corrected chi connectivity index (χ2v) is 6.05. The van der Waals surface area contributed by atoms with E-state index in [4.69, 9.17) is 4.74 Å². The fourth-order valence-electron chi connectivity index (χ4n) is 2.33. The lowest BCUT2D eigenvalue weighted by Gasteiger charge is -2.14. The number of rotatable bonds is 6. The molecule has 0 fully saturated rings. The van der Waals surface area contributed by atoms with E-state index >= 15 is 0 Å². The largest absolute Gasteiger partial charge is 0.452 e. The van der Waals surface area contributed by atoms with Crippen LogP contribution >= 0.6 is 0 Å². The Kier molecular flexibility index (Phi) is 6.13. The molecule has 126 valence electrons. The molecule has 0 unspecified atom stereocenters. The maximum Gasteiger partial charge on any atom is 0.338 e. The monoisotopic (exact) mass is 325 g/mol. The van der Waals surface area contributed by atoms with Crippen molar-refractivity contribution in [1.82, 2.24) is 5.32 Å². The fourth-order valence-corrected chi connectivity index (χ4v) is 2.33. The van der Waals surface area contributed by atoms with Gasteiger partial charge in [-0.3, -0.25) is 4.79 Å². The topological polar surface area (TPSA) is 55.4 Å². The average molecular weight is 325 g/mol. The lowest BCUT2D eigenvalue weighted by molar-refractivity contribution is -0.124. The quantitative estimate of drug-likeness (QED) is 0.821. The molecule has 4 nitrogen and oxygen atoms in total.